The van der Waals surface area contributed by atoms with E-state index in [1.807, 2.05) is 0 Å². The SMILES string of the molecule is CC(O)C1CCN(c2nc(F)c(F)cc2F)C1. The van der Waals surface area contributed by atoms with Gasteiger partial charge in [-0.3, -0.25) is 0 Å². The van der Waals surface area contributed by atoms with E-state index in [1.54, 1.807) is 6.92 Å². The van der Waals surface area contributed by atoms with Crippen LogP contribution in [0, 0.1) is 23.5 Å². The number of aliphatic hydroxyl groups excluding tert-OH is 1. The zero-order valence-corrected chi connectivity index (χ0v) is 9.33. The molecule has 94 valence electrons. The van der Waals surface area contributed by atoms with E-state index in [1.165, 1.54) is 4.90 Å². The van der Waals surface area contributed by atoms with Gasteiger partial charge in [-0.25, -0.2) is 8.78 Å². The van der Waals surface area contributed by atoms with Crippen LogP contribution in [-0.2, 0) is 0 Å². The summed E-state index contributed by atoms with van der Waals surface area (Å²) in [5.41, 5.74) is 0. The quantitative estimate of drug-likeness (QED) is 0.807. The van der Waals surface area contributed by atoms with Gasteiger partial charge in [0.25, 0.3) is 5.95 Å². The molecule has 3 nitrogen and oxygen atoms in total. The molecular weight excluding hydrogens is 233 g/mol. The summed E-state index contributed by atoms with van der Waals surface area (Å²) in [6.45, 7) is 2.53. The number of aromatic nitrogens is 1. The van der Waals surface area contributed by atoms with Crippen LogP contribution in [0.2, 0.25) is 0 Å². The molecule has 2 unspecified atom stereocenters. The Kier molecular flexibility index (Phi) is 3.24. The smallest absolute Gasteiger partial charge is 0.251 e. The van der Waals surface area contributed by atoms with Crippen LogP contribution >= 0.6 is 0 Å². The zero-order valence-electron chi connectivity index (χ0n) is 9.33. The number of pyridine rings is 1. The van der Waals surface area contributed by atoms with Crippen LogP contribution in [0.4, 0.5) is 19.0 Å². The lowest BCUT2D eigenvalue weighted by molar-refractivity contribution is 0.136. The van der Waals surface area contributed by atoms with Crippen molar-refractivity contribution in [3.8, 4) is 0 Å². The number of hydrogen-bond acceptors (Lipinski definition) is 3. The van der Waals surface area contributed by atoms with Gasteiger partial charge in [-0.1, -0.05) is 0 Å². The van der Waals surface area contributed by atoms with Gasteiger partial charge < -0.3 is 10.0 Å². The summed E-state index contributed by atoms with van der Waals surface area (Å²) in [4.78, 5) is 4.80. The van der Waals surface area contributed by atoms with Crippen LogP contribution in [0.3, 0.4) is 0 Å². The van der Waals surface area contributed by atoms with Crippen molar-refractivity contribution in [1.82, 2.24) is 4.98 Å². The van der Waals surface area contributed by atoms with Gasteiger partial charge in [0.05, 0.1) is 6.10 Å². The van der Waals surface area contributed by atoms with Crippen LogP contribution in [0.25, 0.3) is 0 Å². The summed E-state index contributed by atoms with van der Waals surface area (Å²) < 4.78 is 39.1. The molecule has 2 rings (SSSR count). The molecule has 1 aliphatic heterocycles. The maximum atomic E-state index is 13.4. The van der Waals surface area contributed by atoms with Crippen molar-refractivity contribution in [2.75, 3.05) is 18.0 Å². The topological polar surface area (TPSA) is 36.4 Å². The lowest BCUT2D eigenvalue weighted by atomic mass is 10.0. The Hall–Kier alpha value is -1.30. The fourth-order valence-corrected chi connectivity index (χ4v) is 2.03. The predicted molar refractivity (Wildman–Crippen MR) is 56.1 cm³/mol. The third kappa shape index (κ3) is 2.36. The van der Waals surface area contributed by atoms with Crippen LogP contribution in [-0.4, -0.2) is 29.3 Å². The Morgan fingerprint density at radius 2 is 2.12 bits per heavy atom. The summed E-state index contributed by atoms with van der Waals surface area (Å²) in [6, 6.07) is 0.493. The highest BCUT2D eigenvalue weighted by Gasteiger charge is 2.29. The first-order chi connectivity index (χ1) is 7.99. The average Bonchev–Trinajstić information content (AvgIpc) is 2.72. The third-order valence-electron chi connectivity index (χ3n) is 3.07. The van der Waals surface area contributed by atoms with Crippen molar-refractivity contribution in [3.05, 3.63) is 23.6 Å². The van der Waals surface area contributed by atoms with E-state index in [2.05, 4.69) is 4.98 Å². The summed E-state index contributed by atoms with van der Waals surface area (Å²) in [5.74, 6) is -3.66. The van der Waals surface area contributed by atoms with E-state index in [-0.39, 0.29) is 11.7 Å². The first-order valence-corrected chi connectivity index (χ1v) is 5.43. The van der Waals surface area contributed by atoms with E-state index in [4.69, 9.17) is 0 Å². The Labute approximate surface area is 96.9 Å². The van der Waals surface area contributed by atoms with E-state index in [0.717, 1.165) is 0 Å². The van der Waals surface area contributed by atoms with Crippen LogP contribution in [0.1, 0.15) is 13.3 Å². The van der Waals surface area contributed by atoms with Gasteiger partial charge in [-0.15, -0.1) is 0 Å². The first-order valence-electron chi connectivity index (χ1n) is 5.43. The van der Waals surface area contributed by atoms with Gasteiger partial charge >= 0.3 is 0 Å². The fourth-order valence-electron chi connectivity index (χ4n) is 2.03. The Morgan fingerprint density at radius 3 is 2.71 bits per heavy atom. The first kappa shape index (κ1) is 12.2. The summed E-state index contributed by atoms with van der Waals surface area (Å²) in [7, 11) is 0. The highest BCUT2D eigenvalue weighted by molar-refractivity contribution is 5.41. The summed E-state index contributed by atoms with van der Waals surface area (Å²) in [5, 5.41) is 9.41. The molecule has 0 aliphatic carbocycles. The van der Waals surface area contributed by atoms with Gasteiger partial charge in [-0.05, 0) is 13.3 Å². The second kappa shape index (κ2) is 4.52. The Bertz CT molecular complexity index is 425. The van der Waals surface area contributed by atoms with Gasteiger partial charge in [0, 0.05) is 25.1 Å². The normalized spacial score (nSPS) is 21.9. The highest BCUT2D eigenvalue weighted by Crippen LogP contribution is 2.27. The summed E-state index contributed by atoms with van der Waals surface area (Å²) >= 11 is 0. The fraction of sp³-hybridized carbons (Fsp3) is 0.545. The van der Waals surface area contributed by atoms with Gasteiger partial charge in [0.1, 0.15) is 0 Å². The molecule has 0 bridgehead atoms. The number of aliphatic hydroxyl groups is 1. The maximum absolute atomic E-state index is 13.4. The van der Waals surface area contributed by atoms with E-state index < -0.39 is 23.7 Å². The Morgan fingerprint density at radius 1 is 1.41 bits per heavy atom. The number of nitrogens with zero attached hydrogens (tertiary/aromatic N) is 2. The van der Waals surface area contributed by atoms with Crippen LogP contribution < -0.4 is 4.90 Å². The van der Waals surface area contributed by atoms with Crippen molar-refractivity contribution in [2.24, 2.45) is 5.92 Å². The van der Waals surface area contributed by atoms with E-state index in [9.17, 15) is 18.3 Å². The standard InChI is InChI=1S/C11H13F3N2O/c1-6(17)7-2-3-16(5-7)11-9(13)4-8(12)10(14)15-11/h4,6-7,17H,2-3,5H2,1H3. The largest absolute Gasteiger partial charge is 0.393 e. The molecule has 0 aromatic carbocycles. The molecule has 1 fully saturated rings. The number of halogens is 3. The van der Waals surface area contributed by atoms with E-state index in [0.29, 0.717) is 25.6 Å². The molecule has 1 saturated heterocycles. The Balaban J connectivity index is 2.22. The van der Waals surface area contributed by atoms with Crippen molar-refractivity contribution >= 4 is 5.82 Å². The lowest BCUT2D eigenvalue weighted by Gasteiger charge is -2.19. The van der Waals surface area contributed by atoms with Crippen molar-refractivity contribution in [2.45, 2.75) is 19.4 Å². The minimum atomic E-state index is -1.30. The van der Waals surface area contributed by atoms with Gasteiger partial charge in [-0.2, -0.15) is 9.37 Å². The molecule has 0 spiro atoms. The molecule has 0 amide bonds. The molecule has 0 saturated carbocycles. The zero-order chi connectivity index (χ0) is 12.6. The number of rotatable bonds is 2. The minimum absolute atomic E-state index is 0.00399. The minimum Gasteiger partial charge on any atom is -0.393 e. The molecule has 2 atom stereocenters. The van der Waals surface area contributed by atoms with Gasteiger partial charge in [0.15, 0.2) is 17.5 Å². The lowest BCUT2D eigenvalue weighted by Crippen LogP contribution is -2.25. The molecule has 1 N–H and O–H groups in total. The average molecular weight is 246 g/mol. The molecular formula is C11H13F3N2O. The van der Waals surface area contributed by atoms with E-state index >= 15 is 0 Å². The van der Waals surface area contributed by atoms with Gasteiger partial charge in [0.2, 0.25) is 0 Å². The number of hydrogen-bond donors (Lipinski definition) is 1. The monoisotopic (exact) mass is 246 g/mol. The molecule has 1 aromatic heterocycles. The second-order valence-electron chi connectivity index (χ2n) is 4.30. The summed E-state index contributed by atoms with van der Waals surface area (Å²) in [6.07, 6.45) is 0.172. The predicted octanol–water partition coefficient (Wildman–Crippen LogP) is 1.71. The van der Waals surface area contributed by atoms with Crippen molar-refractivity contribution in [3.63, 3.8) is 0 Å². The third-order valence-corrected chi connectivity index (χ3v) is 3.07. The van der Waals surface area contributed by atoms with Crippen LogP contribution in [0.15, 0.2) is 6.07 Å². The molecule has 0 radical (unpaired) electrons. The van der Waals surface area contributed by atoms with Crippen molar-refractivity contribution < 1.29 is 18.3 Å². The molecule has 1 aliphatic rings. The molecule has 1 aromatic rings. The highest BCUT2D eigenvalue weighted by atomic mass is 19.2. The maximum Gasteiger partial charge on any atom is 0.251 e. The molecule has 2 heterocycles. The van der Waals surface area contributed by atoms with Crippen LogP contribution in [0.5, 0.6) is 0 Å². The second-order valence-corrected chi connectivity index (χ2v) is 4.30. The molecule has 17 heavy (non-hydrogen) atoms. The number of anilines is 1. The molecule has 6 heteroatoms. The van der Waals surface area contributed by atoms with Crippen molar-refractivity contribution in [1.29, 1.82) is 0 Å².